The minimum atomic E-state index is 0.256. The highest BCUT2D eigenvalue weighted by molar-refractivity contribution is 7.99. The number of carbonyl (C=O) groups excluding carboxylic acids is 1. The van der Waals surface area contributed by atoms with E-state index in [2.05, 4.69) is 46.8 Å². The van der Waals surface area contributed by atoms with Crippen molar-refractivity contribution in [1.29, 1.82) is 0 Å². The summed E-state index contributed by atoms with van der Waals surface area (Å²) in [6.07, 6.45) is 14.0. The van der Waals surface area contributed by atoms with Gasteiger partial charge in [-0.1, -0.05) is 86.7 Å². The molecular formula is C31H40N4O2S. The summed E-state index contributed by atoms with van der Waals surface area (Å²) >= 11 is 1.49. The number of aromatic nitrogens is 3. The van der Waals surface area contributed by atoms with Crippen molar-refractivity contribution < 1.29 is 9.53 Å². The summed E-state index contributed by atoms with van der Waals surface area (Å²) in [5.41, 5.74) is 1.11. The highest BCUT2D eigenvalue weighted by Gasteiger charge is 2.32. The molecule has 1 heterocycles. The number of carbonyl (C=O) groups is 1. The van der Waals surface area contributed by atoms with Crippen LogP contribution in [0.4, 0.5) is 0 Å². The molecule has 2 aliphatic carbocycles. The van der Waals surface area contributed by atoms with Gasteiger partial charge in [0.25, 0.3) is 0 Å². The molecule has 0 aliphatic heterocycles. The Morgan fingerprint density at radius 1 is 1.03 bits per heavy atom. The molecule has 0 saturated heterocycles. The number of benzene rings is 2. The standard InChI is InChI=1S/C31H40N4O2S/c1-3-20-34-29(21-37-28-19-18-24-12-10-11-17-27(24)23(28)2)32-33-31(34)38-22-30(36)35(25-13-6-4-7-14-25)26-15-8-5-9-16-26/h3,10-12,17-19,25-26H,1,4-9,13-16,20-22H2,2H3. The number of hydrogen-bond acceptors (Lipinski definition) is 5. The first-order valence-corrected chi connectivity index (χ1v) is 15.2. The number of hydrogen-bond donors (Lipinski definition) is 0. The van der Waals surface area contributed by atoms with Crippen LogP contribution < -0.4 is 4.74 Å². The smallest absolute Gasteiger partial charge is 0.233 e. The third kappa shape index (κ3) is 6.09. The summed E-state index contributed by atoms with van der Waals surface area (Å²) < 4.78 is 8.23. The Kier molecular flexibility index (Phi) is 9.05. The molecule has 6 nitrogen and oxygen atoms in total. The lowest BCUT2D eigenvalue weighted by molar-refractivity contribution is -0.135. The Labute approximate surface area is 230 Å². The largest absolute Gasteiger partial charge is 0.485 e. The highest BCUT2D eigenvalue weighted by Crippen LogP contribution is 2.32. The van der Waals surface area contributed by atoms with Gasteiger partial charge in [0.05, 0.1) is 5.75 Å². The third-order valence-corrected chi connectivity index (χ3v) is 9.11. The van der Waals surface area contributed by atoms with E-state index in [0.29, 0.717) is 31.0 Å². The highest BCUT2D eigenvalue weighted by atomic mass is 32.2. The van der Waals surface area contributed by atoms with Crippen LogP contribution in [0, 0.1) is 6.92 Å². The Morgan fingerprint density at radius 3 is 2.39 bits per heavy atom. The first-order valence-electron chi connectivity index (χ1n) is 14.2. The van der Waals surface area contributed by atoms with Crippen molar-refractivity contribution in [2.24, 2.45) is 0 Å². The molecular weight excluding hydrogens is 492 g/mol. The summed E-state index contributed by atoms with van der Waals surface area (Å²) in [6.45, 7) is 6.90. The quantitative estimate of drug-likeness (QED) is 0.206. The zero-order valence-electron chi connectivity index (χ0n) is 22.6. The molecule has 2 aliphatic rings. The topological polar surface area (TPSA) is 60.2 Å². The molecule has 0 N–H and O–H groups in total. The van der Waals surface area contributed by atoms with Crippen LogP contribution in [0.25, 0.3) is 10.8 Å². The van der Waals surface area contributed by atoms with Crippen LogP contribution in [0.3, 0.4) is 0 Å². The van der Waals surface area contributed by atoms with Crippen LogP contribution in [0.5, 0.6) is 5.75 Å². The number of rotatable bonds is 10. The fourth-order valence-electron chi connectivity index (χ4n) is 6.18. The van der Waals surface area contributed by atoms with Crippen LogP contribution in [0.2, 0.25) is 0 Å². The van der Waals surface area contributed by atoms with Crippen molar-refractivity contribution in [2.75, 3.05) is 5.75 Å². The van der Waals surface area contributed by atoms with Gasteiger partial charge < -0.3 is 9.64 Å². The average molecular weight is 533 g/mol. The van der Waals surface area contributed by atoms with Gasteiger partial charge in [-0.15, -0.1) is 16.8 Å². The molecule has 0 atom stereocenters. The molecule has 2 fully saturated rings. The Hall–Kier alpha value is -2.80. The molecule has 0 bridgehead atoms. The zero-order valence-corrected chi connectivity index (χ0v) is 23.4. The van der Waals surface area contributed by atoms with E-state index in [-0.39, 0.29) is 5.91 Å². The molecule has 38 heavy (non-hydrogen) atoms. The van der Waals surface area contributed by atoms with Crippen molar-refractivity contribution in [3.63, 3.8) is 0 Å². The predicted octanol–water partition coefficient (Wildman–Crippen LogP) is 7.09. The van der Waals surface area contributed by atoms with E-state index in [1.54, 1.807) is 0 Å². The first-order chi connectivity index (χ1) is 18.7. The molecule has 7 heteroatoms. The van der Waals surface area contributed by atoms with Crippen molar-refractivity contribution in [3.8, 4) is 5.75 Å². The van der Waals surface area contributed by atoms with Gasteiger partial charge in [0.1, 0.15) is 12.4 Å². The van der Waals surface area contributed by atoms with Gasteiger partial charge >= 0.3 is 0 Å². The number of aryl methyl sites for hydroxylation is 1. The Balaban J connectivity index is 1.27. The molecule has 5 rings (SSSR count). The van der Waals surface area contributed by atoms with E-state index < -0.39 is 0 Å². The molecule has 0 spiro atoms. The minimum Gasteiger partial charge on any atom is -0.485 e. The van der Waals surface area contributed by atoms with E-state index in [4.69, 9.17) is 4.74 Å². The van der Waals surface area contributed by atoms with Gasteiger partial charge in [-0.2, -0.15) is 0 Å². The fourth-order valence-corrected chi connectivity index (χ4v) is 7.01. The molecule has 1 amide bonds. The number of amides is 1. The Morgan fingerprint density at radius 2 is 1.71 bits per heavy atom. The SMILES string of the molecule is C=CCn1c(COc2ccc3ccccc3c2C)nnc1SCC(=O)N(C1CCCCC1)C1CCCCC1. The number of allylic oxidation sites excluding steroid dienone is 1. The van der Waals surface area contributed by atoms with Crippen LogP contribution in [-0.4, -0.2) is 43.4 Å². The van der Waals surface area contributed by atoms with E-state index in [1.165, 1.54) is 61.1 Å². The zero-order chi connectivity index (χ0) is 26.3. The van der Waals surface area contributed by atoms with Gasteiger partial charge in [-0.25, -0.2) is 0 Å². The fraction of sp³-hybridized carbons (Fsp3) is 0.516. The normalized spacial score (nSPS) is 17.0. The van der Waals surface area contributed by atoms with Crippen LogP contribution in [0.15, 0.2) is 54.2 Å². The lowest BCUT2D eigenvalue weighted by Gasteiger charge is -2.41. The van der Waals surface area contributed by atoms with Crippen LogP contribution in [-0.2, 0) is 17.9 Å². The van der Waals surface area contributed by atoms with E-state index in [1.807, 2.05) is 28.8 Å². The molecule has 1 aromatic heterocycles. The second-order valence-corrected chi connectivity index (χ2v) is 11.6. The molecule has 2 aromatic carbocycles. The number of nitrogens with zero attached hydrogens (tertiary/aromatic N) is 4. The van der Waals surface area contributed by atoms with Crippen LogP contribution >= 0.6 is 11.8 Å². The lowest BCUT2D eigenvalue weighted by atomic mass is 9.88. The minimum absolute atomic E-state index is 0.256. The summed E-state index contributed by atoms with van der Waals surface area (Å²) in [5, 5.41) is 12.0. The third-order valence-electron chi connectivity index (χ3n) is 8.16. The maximum Gasteiger partial charge on any atom is 0.233 e. The molecule has 202 valence electrons. The number of fused-ring (bicyclic) bond motifs is 1. The molecule has 0 radical (unpaired) electrons. The van der Waals surface area contributed by atoms with Crippen molar-refractivity contribution >= 4 is 28.4 Å². The van der Waals surface area contributed by atoms with E-state index >= 15 is 0 Å². The van der Waals surface area contributed by atoms with E-state index in [9.17, 15) is 4.79 Å². The van der Waals surface area contributed by atoms with Crippen molar-refractivity contribution in [1.82, 2.24) is 19.7 Å². The van der Waals surface area contributed by atoms with Crippen molar-refractivity contribution in [2.45, 2.75) is 102 Å². The predicted molar refractivity (Wildman–Crippen MR) is 155 cm³/mol. The van der Waals surface area contributed by atoms with Gasteiger partial charge in [0, 0.05) is 18.6 Å². The van der Waals surface area contributed by atoms with Crippen LogP contribution in [0.1, 0.15) is 75.6 Å². The van der Waals surface area contributed by atoms with E-state index in [0.717, 1.165) is 48.0 Å². The average Bonchev–Trinajstić information content (AvgIpc) is 3.34. The second kappa shape index (κ2) is 12.8. The lowest BCUT2D eigenvalue weighted by Crippen LogP contribution is -2.49. The van der Waals surface area contributed by atoms with Gasteiger partial charge in [0.2, 0.25) is 5.91 Å². The second-order valence-electron chi connectivity index (χ2n) is 10.7. The van der Waals surface area contributed by atoms with Crippen molar-refractivity contribution in [3.05, 3.63) is 60.4 Å². The first kappa shape index (κ1) is 26.8. The monoisotopic (exact) mass is 532 g/mol. The van der Waals surface area contributed by atoms with Gasteiger partial charge in [-0.05, 0) is 55.0 Å². The maximum atomic E-state index is 13.6. The van der Waals surface area contributed by atoms with Gasteiger partial charge in [-0.3, -0.25) is 9.36 Å². The molecule has 3 aromatic rings. The number of thioether (sulfide) groups is 1. The summed E-state index contributed by atoms with van der Waals surface area (Å²) in [4.78, 5) is 15.9. The molecule has 2 saturated carbocycles. The summed E-state index contributed by atoms with van der Waals surface area (Å²) in [6, 6.07) is 13.2. The summed E-state index contributed by atoms with van der Waals surface area (Å²) in [7, 11) is 0. The van der Waals surface area contributed by atoms with Gasteiger partial charge in [0.15, 0.2) is 11.0 Å². The Bertz CT molecular complexity index is 1230. The maximum absolute atomic E-state index is 13.6. The molecule has 0 unspecified atom stereocenters. The summed E-state index contributed by atoms with van der Waals surface area (Å²) in [5.74, 6) is 2.24. The number of ether oxygens (including phenoxy) is 1.